The number of rotatable bonds is 7. The van der Waals surface area contributed by atoms with Gasteiger partial charge in [0.1, 0.15) is 11.3 Å². The number of ketones is 1. The van der Waals surface area contributed by atoms with Gasteiger partial charge in [0.25, 0.3) is 0 Å². The Labute approximate surface area is 208 Å². The Morgan fingerprint density at radius 2 is 1.95 bits per heavy atom. The van der Waals surface area contributed by atoms with Crippen LogP contribution >= 0.6 is 0 Å². The van der Waals surface area contributed by atoms with Crippen LogP contribution < -0.4 is 10.1 Å². The number of nitrogens with one attached hydrogen (secondary N) is 2. The number of alkyl halides is 3. The van der Waals surface area contributed by atoms with Crippen molar-refractivity contribution in [2.75, 3.05) is 5.32 Å². The summed E-state index contributed by atoms with van der Waals surface area (Å²) in [4.78, 5) is 33.5. The summed E-state index contributed by atoms with van der Waals surface area (Å²) in [5.74, 6) is 0.255. The van der Waals surface area contributed by atoms with Crippen LogP contribution in [0.1, 0.15) is 21.5 Å². The van der Waals surface area contributed by atoms with Crippen LogP contribution in [0.3, 0.4) is 0 Å². The van der Waals surface area contributed by atoms with Gasteiger partial charge in [0.05, 0.1) is 6.33 Å². The second-order valence-corrected chi connectivity index (χ2v) is 8.19. The highest BCUT2D eigenvalue weighted by Gasteiger charge is 2.31. The molecule has 0 unspecified atom stereocenters. The molecule has 0 aliphatic carbocycles. The Morgan fingerprint density at radius 1 is 1.08 bits per heavy atom. The summed E-state index contributed by atoms with van der Waals surface area (Å²) in [5.41, 5.74) is 4.04. The summed E-state index contributed by atoms with van der Waals surface area (Å²) in [6.45, 7) is 1.88. The van der Waals surface area contributed by atoms with Crippen molar-refractivity contribution in [3.8, 4) is 17.1 Å². The molecule has 2 aromatic carbocycles. The number of ether oxygens (including phenoxy) is 1. The lowest BCUT2D eigenvalue weighted by Gasteiger charge is -2.13. The van der Waals surface area contributed by atoms with Crippen molar-refractivity contribution in [3.63, 3.8) is 0 Å². The maximum absolute atomic E-state index is 13.0. The van der Waals surface area contributed by atoms with Gasteiger partial charge in [0, 0.05) is 35.6 Å². The molecule has 0 radical (unpaired) electrons. The Morgan fingerprint density at radius 3 is 2.73 bits per heavy atom. The third-order valence-electron chi connectivity index (χ3n) is 5.51. The van der Waals surface area contributed by atoms with E-state index in [2.05, 4.69) is 35.0 Å². The molecular weight excluding hydrogens is 485 g/mol. The molecule has 0 spiro atoms. The third kappa shape index (κ3) is 5.56. The van der Waals surface area contributed by atoms with E-state index >= 15 is 0 Å². The Kier molecular flexibility index (Phi) is 6.26. The van der Waals surface area contributed by atoms with Crippen molar-refractivity contribution in [2.24, 2.45) is 0 Å². The molecule has 0 atom stereocenters. The summed E-state index contributed by atoms with van der Waals surface area (Å²) >= 11 is 0. The lowest BCUT2D eigenvalue weighted by atomic mass is 10.0. The normalized spacial score (nSPS) is 11.5. The number of halogens is 3. The largest absolute Gasteiger partial charge is 0.573 e. The van der Waals surface area contributed by atoms with Gasteiger partial charge in [-0.05, 0) is 48.4 Å². The molecule has 11 heteroatoms. The molecule has 3 aromatic heterocycles. The van der Waals surface area contributed by atoms with Crippen molar-refractivity contribution in [1.82, 2.24) is 24.9 Å². The number of benzene rings is 2. The standard InChI is InChI=1S/C26H19F3N6O2/c1-15-7-8-17(21(36)11-16-4-2-6-19(10-16)37-26(27,28)29)12-20(15)33-25-22-24(32-14-31-22)34-23(35-25)18-5-3-9-30-13-18/h2-10,12-14H,11H2,1H3,(H2,31,32,33,34,35). The second kappa shape index (κ2) is 9.69. The highest BCUT2D eigenvalue weighted by molar-refractivity contribution is 5.99. The summed E-state index contributed by atoms with van der Waals surface area (Å²) in [7, 11) is 0. The Bertz CT molecular complexity index is 1580. The van der Waals surface area contributed by atoms with Gasteiger partial charge in [-0.1, -0.05) is 24.3 Å². The van der Waals surface area contributed by atoms with E-state index < -0.39 is 6.36 Å². The number of H-pyrrole nitrogens is 1. The summed E-state index contributed by atoms with van der Waals surface area (Å²) in [6, 6.07) is 14.1. The first kappa shape index (κ1) is 23.9. The molecule has 2 N–H and O–H groups in total. The van der Waals surface area contributed by atoms with Crippen LogP contribution in [0.25, 0.3) is 22.6 Å². The van der Waals surface area contributed by atoms with Gasteiger partial charge in [-0.2, -0.15) is 0 Å². The van der Waals surface area contributed by atoms with Crippen molar-refractivity contribution in [1.29, 1.82) is 0 Å². The minimum absolute atomic E-state index is 0.0962. The average molecular weight is 504 g/mol. The number of carbonyl (C=O) groups is 1. The van der Waals surface area contributed by atoms with Crippen molar-refractivity contribution < 1.29 is 22.7 Å². The molecule has 8 nitrogen and oxygen atoms in total. The van der Waals surface area contributed by atoms with Crippen molar-refractivity contribution >= 4 is 28.5 Å². The topological polar surface area (TPSA) is 106 Å². The lowest BCUT2D eigenvalue weighted by molar-refractivity contribution is -0.274. The molecule has 0 bridgehead atoms. The SMILES string of the molecule is Cc1ccc(C(=O)Cc2cccc(OC(F)(F)F)c2)cc1Nc1nc(-c2cccnc2)nc2nc[nH]c12. The van der Waals surface area contributed by atoms with E-state index in [9.17, 15) is 18.0 Å². The number of hydrogen-bond acceptors (Lipinski definition) is 7. The first-order valence-corrected chi connectivity index (χ1v) is 11.1. The van der Waals surface area contributed by atoms with E-state index in [0.29, 0.717) is 45.2 Å². The number of anilines is 2. The number of aromatic amines is 1. The van der Waals surface area contributed by atoms with Gasteiger partial charge in [0.2, 0.25) is 0 Å². The zero-order chi connectivity index (χ0) is 26.0. The smallest absolute Gasteiger partial charge is 0.406 e. The quantitative estimate of drug-likeness (QED) is 0.270. The first-order valence-electron chi connectivity index (χ1n) is 11.1. The highest BCUT2D eigenvalue weighted by Crippen LogP contribution is 2.28. The van der Waals surface area contributed by atoms with Gasteiger partial charge < -0.3 is 15.0 Å². The number of carbonyl (C=O) groups excluding carboxylic acids is 1. The molecule has 0 aliphatic heterocycles. The maximum atomic E-state index is 13.0. The molecule has 37 heavy (non-hydrogen) atoms. The number of pyridine rings is 1. The zero-order valence-corrected chi connectivity index (χ0v) is 19.4. The van der Waals surface area contributed by atoms with E-state index in [1.165, 1.54) is 24.5 Å². The van der Waals surface area contributed by atoms with Crippen LogP contribution in [0.4, 0.5) is 24.7 Å². The third-order valence-corrected chi connectivity index (χ3v) is 5.51. The second-order valence-electron chi connectivity index (χ2n) is 8.19. The zero-order valence-electron chi connectivity index (χ0n) is 19.4. The van der Waals surface area contributed by atoms with Gasteiger partial charge in [-0.3, -0.25) is 9.78 Å². The van der Waals surface area contributed by atoms with Gasteiger partial charge in [-0.15, -0.1) is 13.2 Å². The van der Waals surface area contributed by atoms with Gasteiger partial charge >= 0.3 is 6.36 Å². The fourth-order valence-corrected chi connectivity index (χ4v) is 3.75. The van der Waals surface area contributed by atoms with Crippen LogP contribution in [0.5, 0.6) is 5.75 Å². The molecule has 0 aliphatic rings. The summed E-state index contributed by atoms with van der Waals surface area (Å²) in [6.07, 6.45) is -0.0851. The van der Waals surface area contributed by atoms with Gasteiger partial charge in [0.15, 0.2) is 23.1 Å². The summed E-state index contributed by atoms with van der Waals surface area (Å²) in [5, 5.41) is 3.27. The molecule has 186 valence electrons. The van der Waals surface area contributed by atoms with Crippen molar-refractivity contribution in [3.05, 3.63) is 90.0 Å². The average Bonchev–Trinajstić information content (AvgIpc) is 3.34. The molecule has 3 heterocycles. The van der Waals surface area contributed by atoms with Crippen LogP contribution in [0, 0.1) is 6.92 Å². The molecule has 0 saturated carbocycles. The number of aryl methyl sites for hydroxylation is 1. The molecule has 5 rings (SSSR count). The van der Waals surface area contributed by atoms with E-state index in [1.807, 2.05) is 13.0 Å². The monoisotopic (exact) mass is 504 g/mol. The number of imidazole rings is 1. The predicted octanol–water partition coefficient (Wildman–Crippen LogP) is 5.79. The maximum Gasteiger partial charge on any atom is 0.573 e. The lowest BCUT2D eigenvalue weighted by Crippen LogP contribution is -2.17. The van der Waals surface area contributed by atoms with E-state index in [4.69, 9.17) is 0 Å². The van der Waals surface area contributed by atoms with Gasteiger partial charge in [-0.25, -0.2) is 15.0 Å². The Hall–Kier alpha value is -4.80. The fraction of sp³-hybridized carbons (Fsp3) is 0.115. The minimum Gasteiger partial charge on any atom is -0.406 e. The van der Waals surface area contributed by atoms with Crippen LogP contribution in [-0.4, -0.2) is 37.1 Å². The molecule has 0 amide bonds. The van der Waals surface area contributed by atoms with Crippen LogP contribution in [0.2, 0.25) is 0 Å². The number of nitrogens with zero attached hydrogens (tertiary/aromatic N) is 4. The van der Waals surface area contributed by atoms with E-state index in [0.717, 1.165) is 5.56 Å². The van der Waals surface area contributed by atoms with Crippen LogP contribution in [-0.2, 0) is 6.42 Å². The predicted molar refractivity (Wildman–Crippen MR) is 131 cm³/mol. The van der Waals surface area contributed by atoms with E-state index in [1.54, 1.807) is 42.7 Å². The fourth-order valence-electron chi connectivity index (χ4n) is 3.75. The number of fused-ring (bicyclic) bond motifs is 1. The molecule has 5 aromatic rings. The number of aromatic nitrogens is 5. The number of hydrogen-bond donors (Lipinski definition) is 2. The molecule has 0 saturated heterocycles. The summed E-state index contributed by atoms with van der Waals surface area (Å²) < 4.78 is 41.6. The Balaban J connectivity index is 1.42. The van der Waals surface area contributed by atoms with Crippen molar-refractivity contribution in [2.45, 2.75) is 19.7 Å². The van der Waals surface area contributed by atoms with E-state index in [-0.39, 0.29) is 18.0 Å². The highest BCUT2D eigenvalue weighted by atomic mass is 19.4. The number of Topliss-reactive ketones (excluding diaryl/α,β-unsaturated/α-hetero) is 1. The minimum atomic E-state index is -4.81. The van der Waals surface area contributed by atoms with Crippen LogP contribution in [0.15, 0.2) is 73.3 Å². The molecular formula is C26H19F3N6O2. The molecule has 0 fully saturated rings. The first-order chi connectivity index (χ1) is 17.7.